The van der Waals surface area contributed by atoms with Crippen LogP contribution in [0.2, 0.25) is 0 Å². The van der Waals surface area contributed by atoms with Gasteiger partial charge in [-0.15, -0.1) is 0 Å². The van der Waals surface area contributed by atoms with Gasteiger partial charge in [0.2, 0.25) is 0 Å². The monoisotopic (exact) mass is 722 g/mol. The molecule has 0 atom stereocenters. The van der Waals surface area contributed by atoms with E-state index >= 15 is 0 Å². The normalized spacial score (nSPS) is 11.1. The van der Waals surface area contributed by atoms with E-state index in [2.05, 4.69) is 13.2 Å². The molecule has 0 aromatic heterocycles. The van der Waals surface area contributed by atoms with E-state index in [1.165, 1.54) is 12.2 Å². The Morgan fingerprint density at radius 2 is 0.981 bits per heavy atom. The average Bonchev–Trinajstić information content (AvgIpc) is 3.13. The van der Waals surface area contributed by atoms with Crippen molar-refractivity contribution in [3.8, 4) is 23.0 Å². The van der Waals surface area contributed by atoms with Crippen LogP contribution in [0, 0.1) is 0 Å². The van der Waals surface area contributed by atoms with Crippen LogP contribution < -0.4 is 18.9 Å². The van der Waals surface area contributed by atoms with Gasteiger partial charge >= 0.3 is 30.1 Å². The van der Waals surface area contributed by atoms with Crippen molar-refractivity contribution in [2.75, 3.05) is 26.4 Å². The van der Waals surface area contributed by atoms with E-state index in [1.807, 2.05) is 0 Å². The Morgan fingerprint density at radius 1 is 0.558 bits per heavy atom. The molecule has 0 fully saturated rings. The first kappa shape index (κ1) is 40.3. The lowest BCUT2D eigenvalue weighted by Gasteiger charge is -2.13. The first-order chi connectivity index (χ1) is 25.0. The molecule has 0 aliphatic rings. The van der Waals surface area contributed by atoms with Gasteiger partial charge in [-0.25, -0.2) is 19.2 Å². The number of ether oxygens (including phenoxy) is 6. The van der Waals surface area contributed by atoms with Crippen molar-refractivity contribution < 1.29 is 60.8 Å². The summed E-state index contributed by atoms with van der Waals surface area (Å²) in [5.41, 5.74) is -0.139. The van der Waals surface area contributed by atoms with E-state index in [-0.39, 0.29) is 13.2 Å². The van der Waals surface area contributed by atoms with Crippen molar-refractivity contribution in [2.45, 2.75) is 31.9 Å². The van der Waals surface area contributed by atoms with E-state index in [1.54, 1.807) is 48.5 Å². The first-order valence-corrected chi connectivity index (χ1v) is 16.0. The van der Waals surface area contributed by atoms with Gasteiger partial charge in [-0.2, -0.15) is 13.2 Å². The molecule has 0 aliphatic carbocycles. The summed E-state index contributed by atoms with van der Waals surface area (Å²) in [5.74, 6) is -2.99. The van der Waals surface area contributed by atoms with Gasteiger partial charge in [-0.3, -0.25) is 0 Å². The quantitative estimate of drug-likeness (QED) is 0.0496. The number of halogens is 3. The summed E-state index contributed by atoms with van der Waals surface area (Å²) in [7, 11) is 0. The minimum Gasteiger partial charge on any atom is -0.494 e. The third kappa shape index (κ3) is 15.2. The highest BCUT2D eigenvalue weighted by Crippen LogP contribution is 2.38. The molecule has 3 aromatic carbocycles. The summed E-state index contributed by atoms with van der Waals surface area (Å²) in [4.78, 5) is 46.8. The molecule has 0 bridgehead atoms. The van der Waals surface area contributed by atoms with Gasteiger partial charge in [0.1, 0.15) is 28.6 Å². The maximum absolute atomic E-state index is 13.8. The molecule has 0 saturated carbocycles. The predicted octanol–water partition coefficient (Wildman–Crippen LogP) is 7.72. The predicted molar refractivity (Wildman–Crippen MR) is 185 cm³/mol. The molecule has 0 amide bonds. The lowest BCUT2D eigenvalue weighted by Crippen LogP contribution is -2.13. The zero-order chi connectivity index (χ0) is 37.8. The van der Waals surface area contributed by atoms with Gasteiger partial charge in [-0.05, 0) is 91.4 Å². The minimum absolute atomic E-state index is 0.255. The van der Waals surface area contributed by atoms with Crippen LogP contribution in [-0.2, 0) is 34.8 Å². The number of rotatable bonds is 20. The van der Waals surface area contributed by atoms with Gasteiger partial charge in [0.25, 0.3) is 0 Å². The number of carbonyl (C=O) groups excluding carboxylic acids is 4. The third-order valence-electron chi connectivity index (χ3n) is 6.71. The van der Waals surface area contributed by atoms with Gasteiger partial charge in [0.05, 0.1) is 26.4 Å². The van der Waals surface area contributed by atoms with Crippen molar-refractivity contribution in [1.29, 1.82) is 0 Å². The second-order valence-corrected chi connectivity index (χ2v) is 10.7. The van der Waals surface area contributed by atoms with Crippen LogP contribution in [-0.4, -0.2) is 50.3 Å². The number of carbonyl (C=O) groups is 4. The van der Waals surface area contributed by atoms with Gasteiger partial charge in [0, 0.05) is 24.3 Å². The van der Waals surface area contributed by atoms with E-state index in [9.17, 15) is 32.3 Å². The number of hydrogen-bond donors (Lipinski definition) is 0. The fourth-order valence-corrected chi connectivity index (χ4v) is 4.11. The summed E-state index contributed by atoms with van der Waals surface area (Å²) in [6.45, 7) is 7.94. The van der Waals surface area contributed by atoms with E-state index in [0.717, 1.165) is 36.4 Å². The number of unbranched alkanes of at least 4 members (excludes halogenated alkanes) is 2. The fraction of sp³-hybridized carbons (Fsp3) is 0.231. The fourth-order valence-electron chi connectivity index (χ4n) is 4.11. The molecule has 0 aliphatic heterocycles. The van der Waals surface area contributed by atoms with E-state index < -0.39 is 47.1 Å². The maximum atomic E-state index is 13.8. The van der Waals surface area contributed by atoms with Crippen LogP contribution in [0.5, 0.6) is 23.0 Å². The Kier molecular flexibility index (Phi) is 16.4. The molecule has 0 unspecified atom stereocenters. The lowest BCUT2D eigenvalue weighted by atomic mass is 10.1. The van der Waals surface area contributed by atoms with Crippen molar-refractivity contribution in [1.82, 2.24) is 0 Å². The van der Waals surface area contributed by atoms with E-state index in [0.29, 0.717) is 67.6 Å². The van der Waals surface area contributed by atoms with Crippen molar-refractivity contribution in [2.24, 2.45) is 0 Å². The standard InChI is InChI=1S/C39H37F3O10/c1-3-35(43)49-25-7-5-23-47-30-15-9-28(10-16-30)13-21-37(45)51-32-19-20-34(33(27-32)39(40,41)42)52-38(46)22-14-29-11-17-31(18-12-29)48-24-6-8-26-50-36(44)4-2/h3-4,9-22,27H,1-2,5-8,23-26H2. The second kappa shape index (κ2) is 21.2. The van der Waals surface area contributed by atoms with Crippen molar-refractivity contribution >= 4 is 36.0 Å². The SMILES string of the molecule is C=CC(=O)OCCCCOc1ccc(C=CC(=O)Oc2ccc(OC(=O)C=Cc3ccc(OCCCCOC(=O)C=C)cc3)c(C(F)(F)F)c2)cc1. The topological polar surface area (TPSA) is 124 Å². The number of alkyl halides is 3. The molecule has 10 nitrogen and oxygen atoms in total. The zero-order valence-electron chi connectivity index (χ0n) is 28.1. The zero-order valence-corrected chi connectivity index (χ0v) is 28.1. The molecule has 0 heterocycles. The van der Waals surface area contributed by atoms with Crippen LogP contribution >= 0.6 is 0 Å². The summed E-state index contributed by atoms with van der Waals surface area (Å²) < 4.78 is 72.6. The van der Waals surface area contributed by atoms with E-state index in [4.69, 9.17) is 28.4 Å². The number of esters is 4. The molecule has 0 spiro atoms. The lowest BCUT2D eigenvalue weighted by molar-refractivity contribution is -0.141. The second-order valence-electron chi connectivity index (χ2n) is 10.7. The molecular formula is C39H37F3O10. The van der Waals surface area contributed by atoms with Crippen LogP contribution in [0.25, 0.3) is 12.2 Å². The smallest absolute Gasteiger partial charge is 0.420 e. The highest BCUT2D eigenvalue weighted by atomic mass is 19.4. The minimum atomic E-state index is -4.92. The number of hydrogen-bond acceptors (Lipinski definition) is 10. The number of benzene rings is 3. The molecule has 3 rings (SSSR count). The highest BCUT2D eigenvalue weighted by molar-refractivity contribution is 5.90. The molecule has 52 heavy (non-hydrogen) atoms. The third-order valence-corrected chi connectivity index (χ3v) is 6.71. The molecule has 0 radical (unpaired) electrons. The molecule has 0 saturated heterocycles. The average molecular weight is 723 g/mol. The molecular weight excluding hydrogens is 685 g/mol. The summed E-state index contributed by atoms with van der Waals surface area (Å²) >= 11 is 0. The first-order valence-electron chi connectivity index (χ1n) is 16.0. The molecule has 13 heteroatoms. The summed E-state index contributed by atoms with van der Waals surface area (Å²) in [5, 5.41) is 0. The van der Waals surface area contributed by atoms with Gasteiger partial charge < -0.3 is 28.4 Å². The largest absolute Gasteiger partial charge is 0.494 e. The summed E-state index contributed by atoms with van der Waals surface area (Å²) in [6.07, 6.45) is 4.61. The Morgan fingerprint density at radius 3 is 1.42 bits per heavy atom. The van der Waals surface area contributed by atoms with Crippen molar-refractivity contribution in [3.63, 3.8) is 0 Å². The Bertz CT molecular complexity index is 1730. The maximum Gasteiger partial charge on any atom is 0.420 e. The molecule has 0 N–H and O–H groups in total. The van der Waals surface area contributed by atoms with Crippen LogP contribution in [0.4, 0.5) is 13.2 Å². The molecule has 3 aromatic rings. The van der Waals surface area contributed by atoms with Gasteiger partial charge in [-0.1, -0.05) is 37.4 Å². The Labute approximate surface area is 298 Å². The van der Waals surface area contributed by atoms with Crippen LogP contribution in [0.1, 0.15) is 42.4 Å². The molecule has 274 valence electrons. The summed E-state index contributed by atoms with van der Waals surface area (Å²) in [6, 6.07) is 15.8. The van der Waals surface area contributed by atoms with Crippen LogP contribution in [0.15, 0.2) is 104 Å². The van der Waals surface area contributed by atoms with Gasteiger partial charge in [0.15, 0.2) is 0 Å². The van der Waals surface area contributed by atoms with Crippen LogP contribution in [0.3, 0.4) is 0 Å². The highest BCUT2D eigenvalue weighted by Gasteiger charge is 2.35. The van der Waals surface area contributed by atoms with Crippen molar-refractivity contribution in [3.05, 3.63) is 121 Å². The Balaban J connectivity index is 1.48. The Hall–Kier alpha value is -6.11.